The quantitative estimate of drug-likeness (QED) is 0.0423. The van der Waals surface area contributed by atoms with Crippen LogP contribution in [0.2, 0.25) is 0 Å². The van der Waals surface area contributed by atoms with E-state index in [1.165, 1.54) is 36.6 Å². The third-order valence-electron chi connectivity index (χ3n) is 12.4. The van der Waals surface area contributed by atoms with Crippen molar-refractivity contribution in [2.75, 3.05) is 46.7 Å². The molecule has 0 atom stereocenters. The minimum Gasteiger partial charge on any atom is -0.487 e. The Morgan fingerprint density at radius 2 is 1.34 bits per heavy atom. The van der Waals surface area contributed by atoms with Gasteiger partial charge in [0.2, 0.25) is 5.91 Å². The number of pyridine rings is 2. The van der Waals surface area contributed by atoms with Gasteiger partial charge < -0.3 is 41.0 Å². The monoisotopic (exact) mass is 1070 g/mol. The molecule has 5 N–H and O–H groups in total. The summed E-state index contributed by atoms with van der Waals surface area (Å²) in [7, 11) is 2.00. The van der Waals surface area contributed by atoms with Gasteiger partial charge in [-0.3, -0.25) is 14.6 Å². The average Bonchev–Trinajstić information content (AvgIpc) is 4.10. The zero-order valence-corrected chi connectivity index (χ0v) is 43.6. The van der Waals surface area contributed by atoms with Crippen LogP contribution in [-0.4, -0.2) is 74.4 Å². The predicted molar refractivity (Wildman–Crippen MR) is 309 cm³/mol. The van der Waals surface area contributed by atoms with E-state index in [2.05, 4.69) is 72.6 Å². The molecule has 5 aromatic carbocycles. The second kappa shape index (κ2) is 23.7. The lowest BCUT2D eigenvalue weighted by Gasteiger charge is -2.18. The molecule has 0 saturated carbocycles. The highest BCUT2D eigenvalue weighted by Crippen LogP contribution is 2.31. The van der Waals surface area contributed by atoms with Gasteiger partial charge in [0.25, 0.3) is 5.56 Å². The van der Waals surface area contributed by atoms with E-state index in [0.717, 1.165) is 55.7 Å². The summed E-state index contributed by atoms with van der Waals surface area (Å²) in [6.45, 7) is 3.48. The summed E-state index contributed by atoms with van der Waals surface area (Å²) in [6.07, 6.45) is 12.0. The van der Waals surface area contributed by atoms with Crippen molar-refractivity contribution in [1.29, 1.82) is 0 Å². The van der Waals surface area contributed by atoms with Crippen molar-refractivity contribution in [2.45, 2.75) is 20.0 Å². The summed E-state index contributed by atoms with van der Waals surface area (Å²) in [5.41, 5.74) is 7.88. The molecule has 11 rings (SSSR count). The van der Waals surface area contributed by atoms with Crippen molar-refractivity contribution in [3.63, 3.8) is 0 Å². The molecular formula is C59H51N15O4S. The van der Waals surface area contributed by atoms with Crippen molar-refractivity contribution < 1.29 is 14.3 Å². The highest BCUT2D eigenvalue weighted by Gasteiger charge is 2.13. The third-order valence-corrected chi connectivity index (χ3v) is 13.5. The number of amides is 1. The van der Waals surface area contributed by atoms with Crippen LogP contribution in [0, 0.1) is 6.92 Å². The number of carbonyl (C=O) groups excluding carboxylic acids is 1. The fourth-order valence-electron chi connectivity index (χ4n) is 8.49. The number of anilines is 9. The Hall–Kier alpha value is -10.3. The predicted octanol–water partition coefficient (Wildman–Crippen LogP) is 11.4. The standard InChI is InChI=1S/C59H51N15O4S/c1-39-28-44(18-20-50(39)78-48-23-27-73-57(32-48)65-38-66-73)69-55-33-53(61-36-63-55)67-41-11-7-12-42(30-41)71-58(75)17-9-25-72(2)26-22-40-29-45(19-21-51(40)77-35-46-10-5-6-24-60-46)70-56-34-54(62-37-64-56)68-43-13-8-14-47(31-43)74-59(76)49-15-3-4-16-52(49)79-74/h3-21,23-24,27-34,36-38H,22,25-26,35H2,1-2H3,(H,71,75)(H2,61,63,67,69)(H2,62,64,68,70)/b17-9+. The Morgan fingerprint density at radius 3 is 2.08 bits per heavy atom. The Balaban J connectivity index is 0.680. The normalized spacial score (nSPS) is 11.3. The fourth-order valence-corrected chi connectivity index (χ4v) is 9.48. The maximum Gasteiger partial charge on any atom is 0.273 e. The number of rotatable bonds is 21. The molecule has 0 bridgehead atoms. The SMILES string of the molecule is Cc1cc(Nc2cc(Nc3cccc(NC(=O)/C=C/CN(C)CCc4cc(Nc5cc(Nc6cccc(-n7sc8ccccc8c7=O)c6)ncn5)ccc4OCc4ccccn4)c3)ncn2)ccc1Oc1ccn2ncnc2c1. The van der Waals surface area contributed by atoms with Gasteiger partial charge in [-0.2, -0.15) is 5.10 Å². The smallest absolute Gasteiger partial charge is 0.273 e. The van der Waals surface area contributed by atoms with Gasteiger partial charge in [0.15, 0.2) is 5.65 Å². The van der Waals surface area contributed by atoms with E-state index in [4.69, 9.17) is 9.47 Å². The number of hydrogen-bond donors (Lipinski definition) is 5. The van der Waals surface area contributed by atoms with E-state index in [9.17, 15) is 9.59 Å². The first-order chi connectivity index (χ1) is 38.7. The molecule has 1 amide bonds. The highest BCUT2D eigenvalue weighted by molar-refractivity contribution is 7.14. The van der Waals surface area contributed by atoms with Gasteiger partial charge in [0.05, 0.1) is 21.5 Å². The van der Waals surface area contributed by atoms with E-state index in [1.54, 1.807) is 26.9 Å². The number of benzene rings is 5. The van der Waals surface area contributed by atoms with Gasteiger partial charge >= 0.3 is 0 Å². The molecule has 392 valence electrons. The highest BCUT2D eigenvalue weighted by atomic mass is 32.1. The van der Waals surface area contributed by atoms with Crippen molar-refractivity contribution in [2.24, 2.45) is 0 Å². The van der Waals surface area contributed by atoms with Gasteiger partial charge in [-0.1, -0.05) is 47.9 Å². The van der Waals surface area contributed by atoms with Crippen LogP contribution >= 0.6 is 11.5 Å². The first kappa shape index (κ1) is 50.8. The average molecular weight is 1070 g/mol. The number of nitrogens with one attached hydrogen (secondary N) is 5. The third kappa shape index (κ3) is 13.0. The molecule has 0 aliphatic carbocycles. The van der Waals surface area contributed by atoms with E-state index in [1.807, 2.05) is 160 Å². The van der Waals surface area contributed by atoms with Crippen LogP contribution in [0.4, 0.5) is 51.7 Å². The number of likely N-dealkylation sites (N-methyl/N-ethyl adjacent to an activating group) is 1. The van der Waals surface area contributed by atoms with Crippen LogP contribution in [0.15, 0.2) is 200 Å². The van der Waals surface area contributed by atoms with E-state index in [-0.39, 0.29) is 11.5 Å². The largest absolute Gasteiger partial charge is 0.487 e. The zero-order valence-electron chi connectivity index (χ0n) is 42.8. The molecule has 6 aromatic heterocycles. The lowest BCUT2D eigenvalue weighted by Crippen LogP contribution is -2.22. The molecule has 0 fully saturated rings. The fraction of sp³-hybridized carbons (Fsp3) is 0.102. The summed E-state index contributed by atoms with van der Waals surface area (Å²) >= 11 is 1.41. The van der Waals surface area contributed by atoms with E-state index < -0.39 is 0 Å². The Morgan fingerprint density at radius 1 is 0.658 bits per heavy atom. The molecule has 0 spiro atoms. The number of aryl methyl sites for hydroxylation is 1. The van der Waals surface area contributed by atoms with Crippen LogP contribution in [0.25, 0.3) is 21.4 Å². The Bertz CT molecular complexity index is 4030. The second-order valence-corrected chi connectivity index (χ2v) is 19.2. The zero-order chi connectivity index (χ0) is 53.9. The summed E-state index contributed by atoms with van der Waals surface area (Å²) in [5.74, 6) is 4.17. The number of hydrogen-bond acceptors (Lipinski definition) is 17. The van der Waals surface area contributed by atoms with Gasteiger partial charge in [-0.15, -0.1) is 0 Å². The molecule has 0 unspecified atom stereocenters. The maximum absolute atomic E-state index is 13.2. The Kier molecular flexibility index (Phi) is 15.3. The molecule has 11 aromatic rings. The van der Waals surface area contributed by atoms with Crippen molar-refractivity contribution in [3.8, 4) is 22.9 Å². The van der Waals surface area contributed by atoms with Crippen molar-refractivity contribution >= 4 is 84.9 Å². The number of aromatic nitrogens is 9. The first-order valence-electron chi connectivity index (χ1n) is 25.1. The Labute approximate surface area is 457 Å². The molecule has 19 nitrogen and oxygen atoms in total. The minimum atomic E-state index is -0.258. The first-order valence-corrected chi connectivity index (χ1v) is 25.9. The molecular weight excluding hydrogens is 1010 g/mol. The van der Waals surface area contributed by atoms with Crippen LogP contribution in [0.5, 0.6) is 17.2 Å². The summed E-state index contributed by atoms with van der Waals surface area (Å²) in [4.78, 5) is 54.9. The van der Waals surface area contributed by atoms with Crippen LogP contribution < -0.4 is 41.6 Å². The second-order valence-electron chi connectivity index (χ2n) is 18.2. The number of fused-ring (bicyclic) bond motifs is 2. The van der Waals surface area contributed by atoms with Gasteiger partial charge in [-0.05, 0) is 135 Å². The van der Waals surface area contributed by atoms with E-state index in [0.29, 0.717) is 77.6 Å². The van der Waals surface area contributed by atoms with Gasteiger partial charge in [-0.25, -0.2) is 33.4 Å². The van der Waals surface area contributed by atoms with Crippen molar-refractivity contribution in [3.05, 3.63) is 222 Å². The molecule has 6 heterocycles. The lowest BCUT2D eigenvalue weighted by molar-refractivity contribution is -0.111. The molecule has 0 saturated heterocycles. The lowest BCUT2D eigenvalue weighted by atomic mass is 10.1. The minimum absolute atomic E-state index is 0.0528. The van der Waals surface area contributed by atoms with Gasteiger partial charge in [0.1, 0.15) is 66.1 Å². The maximum atomic E-state index is 13.2. The molecule has 0 aliphatic heterocycles. The molecule has 79 heavy (non-hydrogen) atoms. The number of ether oxygens (including phenoxy) is 2. The molecule has 20 heteroatoms. The topological polar surface area (TPSA) is 216 Å². The molecule has 0 radical (unpaired) electrons. The van der Waals surface area contributed by atoms with Crippen LogP contribution in [0.3, 0.4) is 0 Å². The summed E-state index contributed by atoms with van der Waals surface area (Å²) in [6, 6.07) is 47.5. The van der Waals surface area contributed by atoms with Crippen molar-refractivity contribution in [1.82, 2.24) is 48.4 Å². The van der Waals surface area contributed by atoms with Crippen LogP contribution in [-0.2, 0) is 17.8 Å². The number of nitrogens with zero attached hydrogens (tertiary/aromatic N) is 10. The van der Waals surface area contributed by atoms with Gasteiger partial charge in [0, 0.05) is 78.2 Å². The van der Waals surface area contributed by atoms with Crippen LogP contribution in [0.1, 0.15) is 16.8 Å². The summed E-state index contributed by atoms with van der Waals surface area (Å²) in [5, 5.41) is 21.2. The molecule has 0 aliphatic rings. The number of carbonyl (C=O) groups is 1. The van der Waals surface area contributed by atoms with E-state index >= 15 is 0 Å². The summed E-state index contributed by atoms with van der Waals surface area (Å²) < 4.78 is 16.8.